The van der Waals surface area contributed by atoms with Crippen molar-refractivity contribution in [1.82, 2.24) is 4.90 Å². The van der Waals surface area contributed by atoms with Gasteiger partial charge in [-0.1, -0.05) is 0 Å². The van der Waals surface area contributed by atoms with Crippen LogP contribution in [0.25, 0.3) is 0 Å². The van der Waals surface area contributed by atoms with E-state index in [2.05, 4.69) is 121 Å². The van der Waals surface area contributed by atoms with Crippen LogP contribution in [0.2, 0.25) is 19.6 Å². The molecule has 0 fully saturated rings. The van der Waals surface area contributed by atoms with Crippen molar-refractivity contribution in [3.63, 3.8) is 0 Å². The van der Waals surface area contributed by atoms with Crippen LogP contribution in [-0.4, -0.2) is 30.0 Å². The molecule has 0 radical (unpaired) electrons. The molecule has 5 heteroatoms. The maximum atomic E-state index is 6.67. The minimum atomic E-state index is -1.78. The first-order chi connectivity index (χ1) is 14.1. The van der Waals surface area contributed by atoms with Crippen molar-refractivity contribution >= 4 is 12.9 Å². The van der Waals surface area contributed by atoms with Crippen LogP contribution in [0.15, 0.2) is 72.4 Å². The molecule has 0 bridgehead atoms. The SMILES string of the molecule is CCO[C](=[Cr])/C=C(\N(Cc1ccccc1)Cc1ccccc1)C(C)(C)O[Si](C)(C)C. The van der Waals surface area contributed by atoms with Crippen molar-refractivity contribution in [3.05, 3.63) is 83.6 Å². The Bertz CT molecular complexity index is 788. The molecule has 0 aromatic heterocycles. The number of hydrogen-bond acceptors (Lipinski definition) is 3. The summed E-state index contributed by atoms with van der Waals surface area (Å²) in [4.78, 5) is 2.40. The van der Waals surface area contributed by atoms with Gasteiger partial charge < -0.3 is 0 Å². The third-order valence-electron chi connectivity index (χ3n) is 4.49. The van der Waals surface area contributed by atoms with Crippen molar-refractivity contribution in [3.8, 4) is 0 Å². The van der Waals surface area contributed by atoms with Gasteiger partial charge in [0.15, 0.2) is 0 Å². The first-order valence-corrected chi connectivity index (χ1v) is 14.6. The zero-order chi connectivity index (χ0) is 22.2. The van der Waals surface area contributed by atoms with Gasteiger partial charge in [0, 0.05) is 0 Å². The van der Waals surface area contributed by atoms with Crippen molar-refractivity contribution in [2.75, 3.05) is 6.61 Å². The summed E-state index contributed by atoms with van der Waals surface area (Å²) in [6.07, 6.45) is 2.11. The fraction of sp³-hybridized carbons (Fsp3) is 0.400. The maximum absolute atomic E-state index is 6.67. The topological polar surface area (TPSA) is 21.7 Å². The van der Waals surface area contributed by atoms with Crippen LogP contribution >= 0.6 is 0 Å². The molecule has 0 spiro atoms. The monoisotopic (exact) mass is 461 g/mol. The zero-order valence-electron chi connectivity index (χ0n) is 19.1. The van der Waals surface area contributed by atoms with Crippen LogP contribution in [0.5, 0.6) is 0 Å². The number of rotatable bonds is 11. The predicted octanol–water partition coefficient (Wildman–Crippen LogP) is 5.92. The van der Waals surface area contributed by atoms with Gasteiger partial charge in [0.25, 0.3) is 0 Å². The average Bonchev–Trinajstić information content (AvgIpc) is 2.65. The molecule has 0 amide bonds. The summed E-state index contributed by atoms with van der Waals surface area (Å²) in [6, 6.07) is 21.2. The molecule has 162 valence electrons. The van der Waals surface area contributed by atoms with Crippen LogP contribution in [0.4, 0.5) is 0 Å². The first kappa shape index (κ1) is 24.8. The van der Waals surface area contributed by atoms with E-state index >= 15 is 0 Å². The molecule has 0 unspecified atom stereocenters. The van der Waals surface area contributed by atoms with Gasteiger partial charge in [-0.2, -0.15) is 0 Å². The molecule has 0 aliphatic carbocycles. The second-order valence-corrected chi connectivity index (χ2v) is 13.9. The Balaban J connectivity index is 2.50. The van der Waals surface area contributed by atoms with E-state index in [0.29, 0.717) is 6.61 Å². The van der Waals surface area contributed by atoms with Crippen molar-refractivity contribution in [2.24, 2.45) is 0 Å². The van der Waals surface area contributed by atoms with Crippen molar-refractivity contribution in [2.45, 2.75) is 59.1 Å². The van der Waals surface area contributed by atoms with Crippen LogP contribution in [0, 0.1) is 0 Å². The van der Waals surface area contributed by atoms with E-state index < -0.39 is 13.9 Å². The Kier molecular flexibility index (Phi) is 9.28. The van der Waals surface area contributed by atoms with Crippen LogP contribution in [0.1, 0.15) is 31.9 Å². The Morgan fingerprint density at radius 2 is 1.40 bits per heavy atom. The predicted molar refractivity (Wildman–Crippen MR) is 125 cm³/mol. The molecule has 0 heterocycles. The van der Waals surface area contributed by atoms with Crippen molar-refractivity contribution in [1.29, 1.82) is 0 Å². The fourth-order valence-corrected chi connectivity index (χ4v) is 5.59. The molecule has 2 rings (SSSR count). The van der Waals surface area contributed by atoms with E-state index in [4.69, 9.17) is 9.16 Å². The summed E-state index contributed by atoms with van der Waals surface area (Å²) < 4.78 is 13.2. The van der Waals surface area contributed by atoms with E-state index in [1.165, 1.54) is 11.1 Å². The molecule has 2 aromatic rings. The normalized spacial score (nSPS) is 12.7. The van der Waals surface area contributed by atoms with Gasteiger partial charge in [-0.3, -0.25) is 0 Å². The van der Waals surface area contributed by atoms with E-state index in [1.54, 1.807) is 0 Å². The van der Waals surface area contributed by atoms with Gasteiger partial charge in [-0.05, 0) is 0 Å². The average molecular weight is 462 g/mol. The third-order valence-corrected chi connectivity index (χ3v) is 5.98. The molecule has 0 N–H and O–H groups in total. The fourth-order valence-electron chi connectivity index (χ4n) is 3.59. The van der Waals surface area contributed by atoms with Gasteiger partial charge >= 0.3 is 192 Å². The van der Waals surface area contributed by atoms with E-state index in [1.807, 2.05) is 6.92 Å². The summed E-state index contributed by atoms with van der Waals surface area (Å²) in [5, 5.41) is 0. The molecular weight excluding hydrogens is 426 g/mol. The first-order valence-electron chi connectivity index (χ1n) is 10.5. The van der Waals surface area contributed by atoms with Gasteiger partial charge in [0.1, 0.15) is 0 Å². The molecule has 0 saturated heterocycles. The van der Waals surface area contributed by atoms with Gasteiger partial charge in [-0.15, -0.1) is 0 Å². The van der Waals surface area contributed by atoms with E-state index in [-0.39, 0.29) is 0 Å². The molecule has 0 aliphatic heterocycles. The van der Waals surface area contributed by atoms with Gasteiger partial charge in [0.05, 0.1) is 0 Å². The third kappa shape index (κ3) is 8.34. The number of nitrogens with zero attached hydrogens (tertiary/aromatic N) is 1. The molecule has 2 aromatic carbocycles. The van der Waals surface area contributed by atoms with Crippen molar-refractivity contribution < 1.29 is 25.0 Å². The summed E-state index contributed by atoms with van der Waals surface area (Å²) in [5.41, 5.74) is 3.18. The molecule has 0 saturated carbocycles. The van der Waals surface area contributed by atoms with Gasteiger partial charge in [-0.25, -0.2) is 0 Å². The summed E-state index contributed by atoms with van der Waals surface area (Å²) in [7, 11) is -1.78. The standard InChI is InChI=1S/C25H35NO2Si.Cr/c1-7-27-19-18-24(25(2,3)28-29(4,5)6)26(20-22-14-10-8-11-15-22)21-23-16-12-9-13-17-23;/h8-18H,7,20-21H2,1-6H3;/b24-18-;. The van der Waals surface area contributed by atoms with Crippen LogP contribution in [-0.2, 0) is 38.1 Å². The second kappa shape index (κ2) is 11.2. The Labute approximate surface area is 191 Å². The molecular formula is C25H35CrNO2Si. The minimum absolute atomic E-state index is 0.458. The quantitative estimate of drug-likeness (QED) is 0.388. The Morgan fingerprint density at radius 1 is 0.933 bits per heavy atom. The molecule has 3 nitrogen and oxygen atoms in total. The number of benzene rings is 2. The molecule has 30 heavy (non-hydrogen) atoms. The zero-order valence-corrected chi connectivity index (χ0v) is 21.4. The molecule has 0 aliphatic rings. The van der Waals surface area contributed by atoms with E-state index in [9.17, 15) is 0 Å². The summed E-state index contributed by atoms with van der Waals surface area (Å²) in [6.45, 7) is 15.2. The van der Waals surface area contributed by atoms with Crippen LogP contribution < -0.4 is 0 Å². The summed E-state index contributed by atoms with van der Waals surface area (Å²) >= 11 is 3.07. The Morgan fingerprint density at radius 3 is 1.80 bits per heavy atom. The number of hydrogen-bond donors (Lipinski definition) is 0. The van der Waals surface area contributed by atoms with Crippen LogP contribution in [0.3, 0.4) is 0 Å². The summed E-state index contributed by atoms with van der Waals surface area (Å²) in [5.74, 6) is 0. The Hall–Kier alpha value is -1.48. The molecule has 0 atom stereocenters. The number of ether oxygens (including phenoxy) is 1. The van der Waals surface area contributed by atoms with Gasteiger partial charge in [0.2, 0.25) is 0 Å². The second-order valence-electron chi connectivity index (χ2n) is 8.83. The van der Waals surface area contributed by atoms with E-state index in [0.717, 1.165) is 23.4 Å².